The molecule has 12 heteroatoms. The van der Waals surface area contributed by atoms with Gasteiger partial charge in [0, 0.05) is 44.8 Å². The molecule has 1 saturated heterocycles. The van der Waals surface area contributed by atoms with Crippen LogP contribution in [0, 0.1) is 0 Å². The molecule has 182 valence electrons. The Morgan fingerprint density at radius 2 is 2.06 bits per heavy atom. The predicted molar refractivity (Wildman–Crippen MR) is 133 cm³/mol. The van der Waals surface area contributed by atoms with E-state index in [1.165, 1.54) is 17.4 Å². The number of likely N-dealkylation sites (tertiary alicyclic amines) is 1. The van der Waals surface area contributed by atoms with Crippen LogP contribution >= 0.6 is 22.9 Å². The number of aryl methyl sites for hydroxylation is 1. The number of rotatable bonds is 9. The first-order chi connectivity index (χ1) is 16.4. The topological polar surface area (TPSA) is 109 Å². The number of anilines is 1. The Balaban J connectivity index is 1.29. The number of nitrogens with one attached hydrogen (secondary N) is 2. The molecule has 1 amide bonds. The number of aromatic nitrogens is 3. The van der Waals surface area contributed by atoms with Crippen LogP contribution in [-0.2, 0) is 23.0 Å². The van der Waals surface area contributed by atoms with Crippen molar-refractivity contribution in [3.05, 3.63) is 57.5 Å². The smallest absolute Gasteiger partial charge is 0.263 e. The van der Waals surface area contributed by atoms with Crippen LogP contribution < -0.4 is 10.0 Å². The number of sulfonamides is 1. The van der Waals surface area contributed by atoms with Gasteiger partial charge in [0.05, 0.1) is 26.2 Å². The van der Waals surface area contributed by atoms with Crippen molar-refractivity contribution in [3.8, 4) is 0 Å². The number of benzene rings is 1. The zero-order valence-corrected chi connectivity index (χ0v) is 21.2. The maximum atomic E-state index is 12.7. The number of thiophene rings is 1. The van der Waals surface area contributed by atoms with Gasteiger partial charge in [-0.25, -0.2) is 13.1 Å². The Kier molecular flexibility index (Phi) is 7.87. The molecule has 2 N–H and O–H groups in total. The summed E-state index contributed by atoms with van der Waals surface area (Å²) in [6, 6.07) is 8.56. The molecule has 0 saturated carbocycles. The van der Waals surface area contributed by atoms with Crippen molar-refractivity contribution in [2.45, 2.75) is 43.7 Å². The molecule has 2 aromatic heterocycles. The fourth-order valence-corrected chi connectivity index (χ4v) is 5.84. The van der Waals surface area contributed by atoms with Crippen molar-refractivity contribution in [1.29, 1.82) is 0 Å². The van der Waals surface area contributed by atoms with Gasteiger partial charge >= 0.3 is 0 Å². The van der Waals surface area contributed by atoms with Crippen LogP contribution in [0.2, 0.25) is 5.02 Å². The standard InChI is InChI=1S/C22H27ClN6O3S2/c1-2-29-15-17(26-27-29)7-10-24-34(31,32)18-5-6-20(19(23)14-18)25-16-8-11-28(12-9-16)22(30)21-4-3-13-33-21/h3-6,13-16,24-25H,2,7-12H2,1H3. The van der Waals surface area contributed by atoms with E-state index in [1.54, 1.807) is 23.0 Å². The molecule has 34 heavy (non-hydrogen) atoms. The third-order valence-corrected chi connectivity index (χ3v) is 8.34. The second kappa shape index (κ2) is 10.9. The maximum Gasteiger partial charge on any atom is 0.263 e. The number of hydrogen-bond donors (Lipinski definition) is 2. The summed E-state index contributed by atoms with van der Waals surface area (Å²) < 4.78 is 29.6. The number of carbonyl (C=O) groups excluding carboxylic acids is 1. The Morgan fingerprint density at radius 1 is 1.26 bits per heavy atom. The molecular formula is C22H27ClN6O3S2. The van der Waals surface area contributed by atoms with Gasteiger partial charge in [0.2, 0.25) is 10.0 Å². The largest absolute Gasteiger partial charge is 0.381 e. The highest BCUT2D eigenvalue weighted by Gasteiger charge is 2.25. The van der Waals surface area contributed by atoms with E-state index in [-0.39, 0.29) is 23.4 Å². The van der Waals surface area contributed by atoms with Gasteiger partial charge in [-0.15, -0.1) is 16.4 Å². The molecule has 3 heterocycles. The summed E-state index contributed by atoms with van der Waals surface area (Å²) in [5.74, 6) is 0.0727. The normalized spacial score (nSPS) is 14.9. The number of nitrogens with zero attached hydrogens (tertiary/aromatic N) is 4. The van der Waals surface area contributed by atoms with E-state index in [2.05, 4.69) is 20.4 Å². The van der Waals surface area contributed by atoms with E-state index in [0.29, 0.717) is 36.8 Å². The van der Waals surface area contributed by atoms with Gasteiger partial charge in [-0.2, -0.15) is 0 Å². The average molecular weight is 523 g/mol. The fourth-order valence-electron chi connectivity index (χ4n) is 3.79. The lowest BCUT2D eigenvalue weighted by Crippen LogP contribution is -2.42. The maximum absolute atomic E-state index is 12.7. The van der Waals surface area contributed by atoms with Gasteiger partial charge in [-0.1, -0.05) is 22.9 Å². The Hall–Kier alpha value is -2.47. The summed E-state index contributed by atoms with van der Waals surface area (Å²) in [4.78, 5) is 15.2. The second-order valence-corrected chi connectivity index (χ2v) is 11.2. The van der Waals surface area contributed by atoms with Crippen molar-refractivity contribution < 1.29 is 13.2 Å². The third-order valence-electron chi connectivity index (χ3n) is 5.71. The summed E-state index contributed by atoms with van der Waals surface area (Å²) in [7, 11) is -3.70. The van der Waals surface area contributed by atoms with Crippen molar-refractivity contribution in [2.24, 2.45) is 0 Å². The first-order valence-electron chi connectivity index (χ1n) is 11.1. The minimum Gasteiger partial charge on any atom is -0.381 e. The molecule has 0 spiro atoms. The summed E-state index contributed by atoms with van der Waals surface area (Å²) in [6.45, 7) is 4.21. The fraction of sp³-hybridized carbons (Fsp3) is 0.409. The van der Waals surface area contributed by atoms with E-state index in [1.807, 2.05) is 29.3 Å². The molecule has 4 rings (SSSR count). The lowest BCUT2D eigenvalue weighted by atomic mass is 10.0. The van der Waals surface area contributed by atoms with Crippen molar-refractivity contribution in [1.82, 2.24) is 24.6 Å². The average Bonchev–Trinajstić information content (AvgIpc) is 3.52. The van der Waals surface area contributed by atoms with E-state index in [0.717, 1.165) is 23.4 Å². The predicted octanol–water partition coefficient (Wildman–Crippen LogP) is 3.25. The Bertz CT molecular complexity index is 1220. The first kappa shape index (κ1) is 24.6. The van der Waals surface area contributed by atoms with Crippen LogP contribution in [0.5, 0.6) is 0 Å². The highest BCUT2D eigenvalue weighted by atomic mass is 35.5. The SMILES string of the molecule is CCn1cc(CCNS(=O)(=O)c2ccc(NC3CCN(C(=O)c4cccs4)CC3)c(Cl)c2)nn1. The number of halogens is 1. The Labute approximate surface area is 208 Å². The lowest BCUT2D eigenvalue weighted by molar-refractivity contribution is 0.0723. The van der Waals surface area contributed by atoms with Crippen LogP contribution in [0.15, 0.2) is 46.8 Å². The van der Waals surface area contributed by atoms with E-state index in [9.17, 15) is 13.2 Å². The van der Waals surface area contributed by atoms with Crippen LogP contribution in [0.25, 0.3) is 0 Å². The molecular weight excluding hydrogens is 496 g/mol. The monoisotopic (exact) mass is 522 g/mol. The Morgan fingerprint density at radius 3 is 2.71 bits per heavy atom. The van der Waals surface area contributed by atoms with Gasteiger partial charge in [0.1, 0.15) is 0 Å². The van der Waals surface area contributed by atoms with E-state index < -0.39 is 10.0 Å². The van der Waals surface area contributed by atoms with Crippen LogP contribution in [0.4, 0.5) is 5.69 Å². The number of piperidine rings is 1. The molecule has 3 aromatic rings. The van der Waals surface area contributed by atoms with Gasteiger partial charge in [-0.05, 0) is 49.4 Å². The molecule has 0 bridgehead atoms. The van der Waals surface area contributed by atoms with E-state index >= 15 is 0 Å². The molecule has 0 aliphatic carbocycles. The van der Waals surface area contributed by atoms with Crippen LogP contribution in [0.1, 0.15) is 35.1 Å². The van der Waals surface area contributed by atoms with Crippen molar-refractivity contribution >= 4 is 44.6 Å². The summed E-state index contributed by atoms with van der Waals surface area (Å²) in [5, 5.41) is 13.6. The summed E-state index contributed by atoms with van der Waals surface area (Å²) >= 11 is 7.86. The number of carbonyl (C=O) groups is 1. The summed E-state index contributed by atoms with van der Waals surface area (Å²) in [6.07, 6.45) is 3.82. The minimum atomic E-state index is -3.70. The lowest BCUT2D eigenvalue weighted by Gasteiger charge is -2.33. The third kappa shape index (κ3) is 5.96. The minimum absolute atomic E-state index is 0.0727. The summed E-state index contributed by atoms with van der Waals surface area (Å²) in [5.41, 5.74) is 1.41. The molecule has 1 aromatic carbocycles. The number of amides is 1. The van der Waals surface area contributed by atoms with Crippen LogP contribution in [0.3, 0.4) is 0 Å². The van der Waals surface area contributed by atoms with Crippen molar-refractivity contribution in [3.63, 3.8) is 0 Å². The molecule has 1 fully saturated rings. The zero-order valence-electron chi connectivity index (χ0n) is 18.8. The molecule has 1 aliphatic rings. The van der Waals surface area contributed by atoms with Gasteiger partial charge in [0.15, 0.2) is 0 Å². The molecule has 0 radical (unpaired) electrons. The molecule has 0 atom stereocenters. The quantitative estimate of drug-likeness (QED) is 0.446. The van der Waals surface area contributed by atoms with Crippen molar-refractivity contribution in [2.75, 3.05) is 25.0 Å². The first-order valence-corrected chi connectivity index (χ1v) is 13.9. The number of hydrogen-bond acceptors (Lipinski definition) is 7. The highest BCUT2D eigenvalue weighted by molar-refractivity contribution is 7.89. The zero-order chi connectivity index (χ0) is 24.1. The molecule has 0 unspecified atom stereocenters. The van der Waals surface area contributed by atoms with Gasteiger partial charge in [0.25, 0.3) is 5.91 Å². The second-order valence-electron chi connectivity index (χ2n) is 8.04. The highest BCUT2D eigenvalue weighted by Crippen LogP contribution is 2.28. The molecule has 1 aliphatic heterocycles. The van der Waals surface area contributed by atoms with Gasteiger partial charge < -0.3 is 10.2 Å². The van der Waals surface area contributed by atoms with Gasteiger partial charge in [-0.3, -0.25) is 9.48 Å². The molecule has 9 nitrogen and oxygen atoms in total. The van der Waals surface area contributed by atoms with E-state index in [4.69, 9.17) is 11.6 Å². The van der Waals surface area contributed by atoms with Crippen LogP contribution in [-0.4, -0.2) is 59.9 Å².